The molecule has 2 rings (SSSR count). The van der Waals surface area contributed by atoms with Crippen LogP contribution in [-0.2, 0) is 4.79 Å². The molecule has 0 saturated heterocycles. The summed E-state index contributed by atoms with van der Waals surface area (Å²) in [6, 6.07) is 14.8. The number of carbonyl (C=O) groups is 1. The average molecular weight is 340 g/mol. The van der Waals surface area contributed by atoms with Crippen LogP contribution < -0.4 is 20.1 Å². The molecule has 2 N–H and O–H groups in total. The fourth-order valence-corrected chi connectivity index (χ4v) is 2.09. The maximum atomic E-state index is 12.1. The number of nitrogens with one attached hydrogen (secondary N) is 2. The van der Waals surface area contributed by atoms with E-state index < -0.39 is 0 Å². The lowest BCUT2D eigenvalue weighted by Gasteiger charge is -2.10. The fourth-order valence-electron chi connectivity index (χ4n) is 2.09. The Labute approximate surface area is 148 Å². The summed E-state index contributed by atoms with van der Waals surface area (Å²) in [6.45, 7) is 8.89. The van der Waals surface area contributed by atoms with Crippen molar-refractivity contribution in [3.8, 4) is 11.5 Å². The highest BCUT2D eigenvalue weighted by atomic mass is 16.5. The number of rotatable bonds is 9. The Bertz CT molecular complexity index is 711. The smallest absolute Gasteiger partial charge is 0.243 e. The minimum absolute atomic E-state index is 0.128. The predicted molar refractivity (Wildman–Crippen MR) is 101 cm³/mol. The van der Waals surface area contributed by atoms with Crippen LogP contribution in [0.2, 0.25) is 0 Å². The molecule has 5 heteroatoms. The molecule has 0 atom stereocenters. The predicted octanol–water partition coefficient (Wildman–Crippen LogP) is 4.09. The summed E-state index contributed by atoms with van der Waals surface area (Å²) >= 11 is 0. The van der Waals surface area contributed by atoms with E-state index in [9.17, 15) is 4.79 Å². The second-order valence-electron chi connectivity index (χ2n) is 5.63. The molecule has 25 heavy (non-hydrogen) atoms. The maximum absolute atomic E-state index is 12.1. The summed E-state index contributed by atoms with van der Waals surface area (Å²) in [6.07, 6.45) is 0. The highest BCUT2D eigenvalue weighted by Crippen LogP contribution is 2.18. The average Bonchev–Trinajstić information content (AvgIpc) is 2.59. The SMILES string of the molecule is C=C(C)COc1ccc(NCC(=O)Nc2cccc(OCC)c2)cc1. The van der Waals surface area contributed by atoms with Crippen LogP contribution in [0.5, 0.6) is 11.5 Å². The number of carbonyl (C=O) groups excluding carboxylic acids is 1. The van der Waals surface area contributed by atoms with E-state index in [1.165, 1.54) is 0 Å². The molecule has 2 aromatic rings. The Balaban J connectivity index is 1.81. The highest BCUT2D eigenvalue weighted by Gasteiger charge is 2.04. The van der Waals surface area contributed by atoms with Gasteiger partial charge in [-0.15, -0.1) is 0 Å². The second kappa shape index (κ2) is 9.37. The van der Waals surface area contributed by atoms with Crippen LogP contribution in [0.1, 0.15) is 13.8 Å². The van der Waals surface area contributed by atoms with Crippen molar-refractivity contribution in [3.63, 3.8) is 0 Å². The van der Waals surface area contributed by atoms with Gasteiger partial charge in [-0.1, -0.05) is 12.6 Å². The van der Waals surface area contributed by atoms with E-state index in [1.807, 2.05) is 56.3 Å². The number of anilines is 2. The lowest BCUT2D eigenvalue weighted by atomic mass is 10.3. The number of benzene rings is 2. The van der Waals surface area contributed by atoms with Crippen LogP contribution in [0.3, 0.4) is 0 Å². The van der Waals surface area contributed by atoms with Crippen LogP contribution in [-0.4, -0.2) is 25.7 Å². The Hall–Kier alpha value is -2.95. The maximum Gasteiger partial charge on any atom is 0.243 e. The van der Waals surface area contributed by atoms with E-state index in [4.69, 9.17) is 9.47 Å². The third-order valence-corrected chi connectivity index (χ3v) is 3.22. The Morgan fingerprint density at radius 3 is 2.48 bits per heavy atom. The molecule has 1 amide bonds. The van der Waals surface area contributed by atoms with Gasteiger partial charge in [0.1, 0.15) is 18.1 Å². The van der Waals surface area contributed by atoms with Gasteiger partial charge in [0, 0.05) is 17.4 Å². The molecule has 5 nitrogen and oxygen atoms in total. The Kier molecular flexibility index (Phi) is 6.89. The van der Waals surface area contributed by atoms with Gasteiger partial charge in [0.2, 0.25) is 5.91 Å². The van der Waals surface area contributed by atoms with Gasteiger partial charge >= 0.3 is 0 Å². The van der Waals surface area contributed by atoms with Gasteiger partial charge in [-0.2, -0.15) is 0 Å². The molecule has 0 aliphatic carbocycles. The third kappa shape index (κ3) is 6.59. The van der Waals surface area contributed by atoms with Gasteiger partial charge in [0.25, 0.3) is 0 Å². The number of amides is 1. The van der Waals surface area contributed by atoms with Gasteiger partial charge in [-0.25, -0.2) is 0 Å². The minimum Gasteiger partial charge on any atom is -0.494 e. The van der Waals surface area contributed by atoms with Crippen molar-refractivity contribution < 1.29 is 14.3 Å². The lowest BCUT2D eigenvalue weighted by molar-refractivity contribution is -0.114. The zero-order valence-corrected chi connectivity index (χ0v) is 14.7. The largest absolute Gasteiger partial charge is 0.494 e. The van der Waals surface area contributed by atoms with Crippen molar-refractivity contribution in [2.45, 2.75) is 13.8 Å². The molecule has 0 bridgehead atoms. The molecule has 0 fully saturated rings. The third-order valence-electron chi connectivity index (χ3n) is 3.22. The monoisotopic (exact) mass is 340 g/mol. The first-order valence-corrected chi connectivity index (χ1v) is 8.20. The van der Waals surface area contributed by atoms with E-state index in [-0.39, 0.29) is 12.5 Å². The molecule has 0 spiro atoms. The molecule has 2 aromatic carbocycles. The molecule has 0 radical (unpaired) electrons. The van der Waals surface area contributed by atoms with Crippen molar-refractivity contribution >= 4 is 17.3 Å². The quantitative estimate of drug-likeness (QED) is 0.675. The van der Waals surface area contributed by atoms with E-state index in [0.29, 0.717) is 18.9 Å². The topological polar surface area (TPSA) is 59.6 Å². The van der Waals surface area contributed by atoms with Crippen molar-refractivity contribution in [2.75, 3.05) is 30.4 Å². The lowest BCUT2D eigenvalue weighted by Crippen LogP contribution is -2.21. The first-order valence-electron chi connectivity index (χ1n) is 8.20. The normalized spacial score (nSPS) is 10.0. The molecule has 0 aromatic heterocycles. The first kappa shape index (κ1) is 18.4. The summed E-state index contributed by atoms with van der Waals surface area (Å²) in [5, 5.41) is 5.92. The van der Waals surface area contributed by atoms with Gasteiger partial charge < -0.3 is 20.1 Å². The van der Waals surface area contributed by atoms with Gasteiger partial charge in [-0.3, -0.25) is 4.79 Å². The van der Waals surface area contributed by atoms with E-state index in [0.717, 1.165) is 22.8 Å². The first-order chi connectivity index (χ1) is 12.1. The second-order valence-corrected chi connectivity index (χ2v) is 5.63. The highest BCUT2D eigenvalue weighted by molar-refractivity contribution is 5.93. The van der Waals surface area contributed by atoms with Crippen LogP contribution in [0, 0.1) is 0 Å². The summed E-state index contributed by atoms with van der Waals surface area (Å²) in [7, 11) is 0. The summed E-state index contributed by atoms with van der Waals surface area (Å²) in [5.41, 5.74) is 2.52. The van der Waals surface area contributed by atoms with E-state index in [2.05, 4.69) is 17.2 Å². The Morgan fingerprint density at radius 1 is 1.04 bits per heavy atom. The fraction of sp³-hybridized carbons (Fsp3) is 0.250. The molecule has 0 saturated carbocycles. The Morgan fingerprint density at radius 2 is 1.80 bits per heavy atom. The van der Waals surface area contributed by atoms with Gasteiger partial charge in [0.15, 0.2) is 0 Å². The van der Waals surface area contributed by atoms with Crippen LogP contribution in [0.4, 0.5) is 11.4 Å². The molecule has 0 aliphatic heterocycles. The van der Waals surface area contributed by atoms with Crippen molar-refractivity contribution in [2.24, 2.45) is 0 Å². The van der Waals surface area contributed by atoms with Gasteiger partial charge in [-0.05, 0) is 55.8 Å². The summed E-state index contributed by atoms with van der Waals surface area (Å²) in [5.74, 6) is 1.38. The van der Waals surface area contributed by atoms with Crippen molar-refractivity contribution in [1.29, 1.82) is 0 Å². The van der Waals surface area contributed by atoms with Crippen LogP contribution in [0.25, 0.3) is 0 Å². The molecule has 132 valence electrons. The van der Waals surface area contributed by atoms with Gasteiger partial charge in [0.05, 0.1) is 13.2 Å². The number of hydrogen-bond donors (Lipinski definition) is 2. The van der Waals surface area contributed by atoms with E-state index >= 15 is 0 Å². The van der Waals surface area contributed by atoms with Crippen molar-refractivity contribution in [1.82, 2.24) is 0 Å². The number of ether oxygens (including phenoxy) is 2. The standard InChI is InChI=1S/C20H24N2O3/c1-4-24-19-7-5-6-17(12-19)22-20(23)13-21-16-8-10-18(11-9-16)25-14-15(2)3/h5-12,21H,2,4,13-14H2,1,3H3,(H,22,23). The van der Waals surface area contributed by atoms with E-state index in [1.54, 1.807) is 6.07 Å². The molecule has 0 heterocycles. The molecule has 0 aliphatic rings. The zero-order chi connectivity index (χ0) is 18.1. The zero-order valence-electron chi connectivity index (χ0n) is 14.7. The minimum atomic E-state index is -0.128. The summed E-state index contributed by atoms with van der Waals surface area (Å²) < 4.78 is 11.0. The van der Waals surface area contributed by atoms with Crippen LogP contribution >= 0.6 is 0 Å². The molecule has 0 unspecified atom stereocenters. The molecular weight excluding hydrogens is 316 g/mol. The summed E-state index contributed by atoms with van der Waals surface area (Å²) in [4.78, 5) is 12.1. The van der Waals surface area contributed by atoms with Crippen molar-refractivity contribution in [3.05, 3.63) is 60.7 Å². The van der Waals surface area contributed by atoms with Crippen LogP contribution in [0.15, 0.2) is 60.7 Å². The number of hydrogen-bond acceptors (Lipinski definition) is 4. The molecular formula is C20H24N2O3.